The van der Waals surface area contributed by atoms with Crippen LogP contribution in [0.25, 0.3) is 0 Å². The molecule has 0 aromatic carbocycles. The number of morpholine rings is 1. The van der Waals surface area contributed by atoms with E-state index >= 15 is 0 Å². The quantitative estimate of drug-likeness (QED) is 0.648. The van der Waals surface area contributed by atoms with E-state index in [2.05, 4.69) is 26.9 Å². The number of rotatable bonds is 8. The van der Waals surface area contributed by atoms with Crippen LogP contribution in [0.2, 0.25) is 0 Å². The van der Waals surface area contributed by atoms with Crippen LogP contribution in [0, 0.1) is 0 Å². The van der Waals surface area contributed by atoms with Gasteiger partial charge >= 0.3 is 0 Å². The van der Waals surface area contributed by atoms with E-state index in [9.17, 15) is 4.79 Å². The average molecular weight is 326 g/mol. The molecule has 23 heavy (non-hydrogen) atoms. The summed E-state index contributed by atoms with van der Waals surface area (Å²) in [7, 11) is 0. The van der Waals surface area contributed by atoms with Crippen LogP contribution >= 0.6 is 0 Å². The number of likely N-dealkylation sites (N-methyl/N-ethyl adjacent to an activating group) is 1. The minimum atomic E-state index is -0.0407. The first kappa shape index (κ1) is 18.6. The fraction of sp³-hybridized carbons (Fsp3) is 0.941. The molecule has 0 aromatic rings. The van der Waals surface area contributed by atoms with E-state index in [1.54, 1.807) is 0 Å². The molecule has 6 nitrogen and oxygen atoms in total. The van der Waals surface area contributed by atoms with Crippen LogP contribution in [-0.4, -0.2) is 98.8 Å². The van der Waals surface area contributed by atoms with E-state index in [1.807, 2.05) is 6.92 Å². The van der Waals surface area contributed by atoms with Crippen molar-refractivity contribution in [3.8, 4) is 0 Å². The number of nitrogens with one attached hydrogen (secondary N) is 1. The minimum Gasteiger partial charge on any atom is -0.379 e. The Morgan fingerprint density at radius 1 is 1.04 bits per heavy atom. The standard InChI is InChI=1S/C17H34N4O2/c1-3-19-8-10-20(11-9-19)7-5-4-6-18-17(22)16(2)21-12-14-23-15-13-21/h16H,3-15H2,1-2H3,(H,18,22). The van der Waals surface area contributed by atoms with Gasteiger partial charge in [-0.2, -0.15) is 0 Å². The van der Waals surface area contributed by atoms with Crippen molar-refractivity contribution >= 4 is 5.91 Å². The fourth-order valence-corrected chi connectivity index (χ4v) is 3.28. The van der Waals surface area contributed by atoms with Gasteiger partial charge in [0.1, 0.15) is 0 Å². The van der Waals surface area contributed by atoms with Crippen molar-refractivity contribution in [3.05, 3.63) is 0 Å². The summed E-state index contributed by atoms with van der Waals surface area (Å²) < 4.78 is 5.33. The van der Waals surface area contributed by atoms with Gasteiger partial charge in [0.05, 0.1) is 19.3 Å². The van der Waals surface area contributed by atoms with E-state index in [1.165, 1.54) is 39.1 Å². The molecule has 1 atom stereocenters. The van der Waals surface area contributed by atoms with Gasteiger partial charge < -0.3 is 19.9 Å². The molecule has 0 aromatic heterocycles. The van der Waals surface area contributed by atoms with E-state index in [0.29, 0.717) is 0 Å². The maximum atomic E-state index is 12.2. The largest absolute Gasteiger partial charge is 0.379 e. The zero-order valence-corrected chi connectivity index (χ0v) is 14.9. The van der Waals surface area contributed by atoms with Gasteiger partial charge in [0.25, 0.3) is 0 Å². The van der Waals surface area contributed by atoms with Gasteiger partial charge in [-0.25, -0.2) is 0 Å². The summed E-state index contributed by atoms with van der Waals surface area (Å²) in [6.45, 7) is 15.3. The summed E-state index contributed by atoms with van der Waals surface area (Å²) >= 11 is 0. The zero-order chi connectivity index (χ0) is 16.5. The Bertz CT molecular complexity index is 339. The molecule has 0 saturated carbocycles. The summed E-state index contributed by atoms with van der Waals surface area (Å²) in [5.41, 5.74) is 0. The number of hydrogen-bond acceptors (Lipinski definition) is 5. The predicted molar refractivity (Wildman–Crippen MR) is 92.7 cm³/mol. The van der Waals surface area contributed by atoms with Crippen molar-refractivity contribution in [3.63, 3.8) is 0 Å². The molecule has 134 valence electrons. The van der Waals surface area contributed by atoms with Crippen LogP contribution in [-0.2, 0) is 9.53 Å². The van der Waals surface area contributed by atoms with Gasteiger partial charge in [0, 0.05) is 45.8 Å². The smallest absolute Gasteiger partial charge is 0.237 e. The second-order valence-electron chi connectivity index (χ2n) is 6.60. The first-order chi connectivity index (χ1) is 11.2. The maximum Gasteiger partial charge on any atom is 0.237 e. The third-order valence-electron chi connectivity index (χ3n) is 5.09. The monoisotopic (exact) mass is 326 g/mol. The molecule has 2 aliphatic heterocycles. The number of carbonyl (C=O) groups is 1. The van der Waals surface area contributed by atoms with Crippen molar-refractivity contribution in [2.75, 3.05) is 72.1 Å². The van der Waals surface area contributed by atoms with Crippen LogP contribution in [0.1, 0.15) is 26.7 Å². The van der Waals surface area contributed by atoms with Crippen LogP contribution in [0.15, 0.2) is 0 Å². The van der Waals surface area contributed by atoms with Crippen LogP contribution < -0.4 is 5.32 Å². The van der Waals surface area contributed by atoms with Gasteiger partial charge in [0.2, 0.25) is 5.91 Å². The highest BCUT2D eigenvalue weighted by Gasteiger charge is 2.22. The summed E-state index contributed by atoms with van der Waals surface area (Å²) in [5, 5.41) is 3.09. The molecule has 1 amide bonds. The SMILES string of the molecule is CCN1CCN(CCCCNC(=O)C(C)N2CCOCC2)CC1. The van der Waals surface area contributed by atoms with E-state index in [4.69, 9.17) is 4.74 Å². The normalized spacial score (nSPS) is 22.9. The highest BCUT2D eigenvalue weighted by Crippen LogP contribution is 2.05. The number of carbonyl (C=O) groups excluding carboxylic acids is 1. The zero-order valence-electron chi connectivity index (χ0n) is 14.9. The molecule has 1 N–H and O–H groups in total. The summed E-state index contributed by atoms with van der Waals surface area (Å²) in [6, 6.07) is -0.0407. The second-order valence-corrected chi connectivity index (χ2v) is 6.60. The van der Waals surface area contributed by atoms with Crippen molar-refractivity contribution in [2.45, 2.75) is 32.7 Å². The van der Waals surface area contributed by atoms with E-state index in [-0.39, 0.29) is 11.9 Å². The maximum absolute atomic E-state index is 12.2. The highest BCUT2D eigenvalue weighted by molar-refractivity contribution is 5.81. The molecule has 2 rings (SSSR count). The summed E-state index contributed by atoms with van der Waals surface area (Å²) in [6.07, 6.45) is 2.23. The number of nitrogens with zero attached hydrogens (tertiary/aromatic N) is 3. The molecule has 2 fully saturated rings. The Labute approximate surface area is 141 Å². The van der Waals surface area contributed by atoms with Crippen LogP contribution in [0.4, 0.5) is 0 Å². The van der Waals surface area contributed by atoms with Crippen molar-refractivity contribution in [2.24, 2.45) is 0 Å². The number of unbranched alkanes of at least 4 members (excludes halogenated alkanes) is 1. The molecule has 2 heterocycles. The van der Waals surface area contributed by atoms with Gasteiger partial charge in [-0.05, 0) is 32.9 Å². The number of amides is 1. The first-order valence-corrected chi connectivity index (χ1v) is 9.25. The van der Waals surface area contributed by atoms with Gasteiger partial charge in [-0.15, -0.1) is 0 Å². The molecule has 0 aliphatic carbocycles. The third-order valence-corrected chi connectivity index (χ3v) is 5.09. The van der Waals surface area contributed by atoms with Gasteiger partial charge in [0.15, 0.2) is 0 Å². The lowest BCUT2D eigenvalue weighted by Crippen LogP contribution is -2.49. The van der Waals surface area contributed by atoms with Crippen molar-refractivity contribution in [1.82, 2.24) is 20.0 Å². The van der Waals surface area contributed by atoms with E-state index < -0.39 is 0 Å². The number of hydrogen-bond donors (Lipinski definition) is 1. The lowest BCUT2D eigenvalue weighted by Gasteiger charge is -2.34. The topological polar surface area (TPSA) is 48.0 Å². The van der Waals surface area contributed by atoms with Gasteiger partial charge in [-0.1, -0.05) is 6.92 Å². The molecule has 6 heteroatoms. The van der Waals surface area contributed by atoms with Crippen molar-refractivity contribution < 1.29 is 9.53 Å². The third kappa shape index (κ3) is 6.37. The Kier molecular flexibility index (Phi) is 8.30. The molecule has 2 aliphatic rings. The predicted octanol–water partition coefficient (Wildman–Crippen LogP) is 0.241. The fourth-order valence-electron chi connectivity index (χ4n) is 3.28. The molecular formula is C17H34N4O2. The lowest BCUT2D eigenvalue weighted by molar-refractivity contribution is -0.127. The number of piperazine rings is 1. The Balaban J connectivity index is 1.50. The molecule has 0 spiro atoms. The molecule has 0 bridgehead atoms. The van der Waals surface area contributed by atoms with E-state index in [0.717, 1.165) is 45.8 Å². The van der Waals surface area contributed by atoms with Crippen LogP contribution in [0.5, 0.6) is 0 Å². The summed E-state index contributed by atoms with van der Waals surface area (Å²) in [4.78, 5) is 19.4. The Hall–Kier alpha value is -0.690. The Morgan fingerprint density at radius 3 is 2.35 bits per heavy atom. The Morgan fingerprint density at radius 2 is 1.70 bits per heavy atom. The molecule has 1 unspecified atom stereocenters. The van der Waals surface area contributed by atoms with Crippen LogP contribution in [0.3, 0.4) is 0 Å². The highest BCUT2D eigenvalue weighted by atomic mass is 16.5. The summed E-state index contributed by atoms with van der Waals surface area (Å²) in [5.74, 6) is 0.156. The molecular weight excluding hydrogens is 292 g/mol. The average Bonchev–Trinajstić information content (AvgIpc) is 2.62. The molecule has 0 radical (unpaired) electrons. The first-order valence-electron chi connectivity index (χ1n) is 9.25. The van der Waals surface area contributed by atoms with Gasteiger partial charge in [-0.3, -0.25) is 9.69 Å². The second kappa shape index (κ2) is 10.2. The molecule has 2 saturated heterocycles. The lowest BCUT2D eigenvalue weighted by atomic mass is 10.2. The number of ether oxygens (including phenoxy) is 1. The minimum absolute atomic E-state index is 0.0407. The van der Waals surface area contributed by atoms with Crippen molar-refractivity contribution in [1.29, 1.82) is 0 Å².